The molecule has 4 rings (SSSR count). The molecule has 3 nitrogen and oxygen atoms in total. The van der Waals surface area contributed by atoms with Crippen molar-refractivity contribution in [1.29, 1.82) is 0 Å². The van der Waals surface area contributed by atoms with E-state index in [0.29, 0.717) is 18.2 Å². The van der Waals surface area contributed by atoms with Crippen LogP contribution in [0.4, 0.5) is 17.6 Å². The zero-order chi connectivity index (χ0) is 21.4. The first-order valence-corrected chi connectivity index (χ1v) is 10.3. The fraction of sp³-hybridized carbons (Fsp3) is 0.478. The average molecular weight is 421 g/mol. The molecule has 162 valence electrons. The summed E-state index contributed by atoms with van der Waals surface area (Å²) in [5.74, 6) is -0.849. The van der Waals surface area contributed by atoms with Crippen LogP contribution in [0.2, 0.25) is 0 Å². The molecule has 0 amide bonds. The van der Waals surface area contributed by atoms with E-state index in [9.17, 15) is 17.6 Å². The Bertz CT molecular complexity index is 865. The van der Waals surface area contributed by atoms with Gasteiger partial charge in [-0.05, 0) is 54.8 Å². The monoisotopic (exact) mass is 421 g/mol. The maximum atomic E-state index is 13.8. The molecule has 1 heterocycles. The van der Waals surface area contributed by atoms with Crippen molar-refractivity contribution >= 4 is 0 Å². The Balaban J connectivity index is 1.55. The van der Waals surface area contributed by atoms with Gasteiger partial charge in [-0.15, -0.1) is 0 Å². The van der Waals surface area contributed by atoms with Gasteiger partial charge in [-0.2, -0.15) is 13.2 Å². The Hall–Kier alpha value is -1.96. The van der Waals surface area contributed by atoms with Gasteiger partial charge in [-0.25, -0.2) is 4.39 Å². The van der Waals surface area contributed by atoms with Crippen molar-refractivity contribution in [2.45, 2.75) is 31.1 Å². The molecule has 1 saturated heterocycles. The minimum absolute atomic E-state index is 0.0965. The van der Waals surface area contributed by atoms with Crippen LogP contribution in [-0.2, 0) is 25.6 Å². The average Bonchev–Trinajstić information content (AvgIpc) is 3.06. The topological polar surface area (TPSA) is 18.5 Å². The first-order valence-electron chi connectivity index (χ1n) is 10.3. The van der Waals surface area contributed by atoms with Crippen LogP contribution in [0.15, 0.2) is 42.5 Å². The molecule has 1 N–H and O–H groups in total. The number of nitrogens with one attached hydrogen (secondary N) is 1. The van der Waals surface area contributed by atoms with Gasteiger partial charge in [0, 0.05) is 44.8 Å². The standard InChI is InChI=1S/C23H27F4N3/c1-29(15-17-10-20(23(25,26)27)12-21(24)11-17)16-22(30-8-6-28-7-9-30)13-18-4-2-3-5-19(18)14-22/h2-5,10-12,28H,6-9,13-16H2,1H3. The lowest BCUT2D eigenvalue weighted by Gasteiger charge is -2.45. The summed E-state index contributed by atoms with van der Waals surface area (Å²) in [5, 5.41) is 3.39. The summed E-state index contributed by atoms with van der Waals surface area (Å²) < 4.78 is 53.1. The molecule has 0 saturated carbocycles. The summed E-state index contributed by atoms with van der Waals surface area (Å²) in [4.78, 5) is 4.55. The molecule has 2 aromatic rings. The number of hydrogen-bond acceptors (Lipinski definition) is 3. The van der Waals surface area contributed by atoms with Crippen molar-refractivity contribution in [2.75, 3.05) is 39.8 Å². The van der Waals surface area contributed by atoms with Crippen molar-refractivity contribution in [2.24, 2.45) is 0 Å². The van der Waals surface area contributed by atoms with Crippen LogP contribution in [0, 0.1) is 5.82 Å². The second kappa shape index (κ2) is 8.29. The minimum Gasteiger partial charge on any atom is -0.314 e. The van der Waals surface area contributed by atoms with E-state index in [1.165, 1.54) is 17.2 Å². The summed E-state index contributed by atoms with van der Waals surface area (Å²) in [6.07, 6.45) is -2.71. The highest BCUT2D eigenvalue weighted by molar-refractivity contribution is 5.37. The molecule has 1 aliphatic carbocycles. The van der Waals surface area contributed by atoms with E-state index in [4.69, 9.17) is 0 Å². The normalized spacial score (nSPS) is 19.3. The van der Waals surface area contributed by atoms with Gasteiger partial charge in [0.25, 0.3) is 0 Å². The van der Waals surface area contributed by atoms with Crippen molar-refractivity contribution in [3.05, 3.63) is 70.5 Å². The number of rotatable bonds is 5. The van der Waals surface area contributed by atoms with Gasteiger partial charge >= 0.3 is 6.18 Å². The number of nitrogens with zero attached hydrogens (tertiary/aromatic N) is 2. The molecule has 1 aliphatic heterocycles. The summed E-state index contributed by atoms with van der Waals surface area (Å²) >= 11 is 0. The Kier molecular flexibility index (Phi) is 5.88. The number of piperazine rings is 1. The molecule has 30 heavy (non-hydrogen) atoms. The van der Waals surface area contributed by atoms with Gasteiger partial charge in [-0.3, -0.25) is 4.90 Å². The van der Waals surface area contributed by atoms with Gasteiger partial charge in [-0.1, -0.05) is 24.3 Å². The van der Waals surface area contributed by atoms with E-state index in [2.05, 4.69) is 34.5 Å². The molecule has 0 radical (unpaired) electrons. The predicted octanol–water partition coefficient (Wildman–Crippen LogP) is 3.72. The van der Waals surface area contributed by atoms with Crippen LogP contribution in [0.5, 0.6) is 0 Å². The van der Waals surface area contributed by atoms with E-state index < -0.39 is 17.6 Å². The lowest BCUT2D eigenvalue weighted by Crippen LogP contribution is -2.61. The zero-order valence-corrected chi connectivity index (χ0v) is 17.1. The quantitative estimate of drug-likeness (QED) is 0.743. The fourth-order valence-corrected chi connectivity index (χ4v) is 5.02. The number of likely N-dealkylation sites (N-methyl/N-ethyl adjacent to an activating group) is 1. The van der Waals surface area contributed by atoms with Crippen molar-refractivity contribution in [3.63, 3.8) is 0 Å². The highest BCUT2D eigenvalue weighted by atomic mass is 19.4. The molecule has 2 aromatic carbocycles. The Morgan fingerprint density at radius 1 is 1.03 bits per heavy atom. The highest BCUT2D eigenvalue weighted by Gasteiger charge is 2.43. The van der Waals surface area contributed by atoms with E-state index >= 15 is 0 Å². The van der Waals surface area contributed by atoms with Crippen LogP contribution in [0.3, 0.4) is 0 Å². The zero-order valence-electron chi connectivity index (χ0n) is 17.1. The van der Waals surface area contributed by atoms with Crippen molar-refractivity contribution < 1.29 is 17.6 Å². The maximum absolute atomic E-state index is 13.8. The number of hydrogen-bond donors (Lipinski definition) is 1. The molecule has 0 atom stereocenters. The third-order valence-corrected chi connectivity index (χ3v) is 6.25. The molecule has 7 heteroatoms. The number of halogens is 4. The van der Waals surface area contributed by atoms with Crippen LogP contribution in [0.25, 0.3) is 0 Å². The van der Waals surface area contributed by atoms with Gasteiger partial charge in [0.1, 0.15) is 5.82 Å². The Morgan fingerprint density at radius 2 is 1.67 bits per heavy atom. The molecule has 0 aromatic heterocycles. The van der Waals surface area contributed by atoms with E-state index in [0.717, 1.165) is 45.1 Å². The van der Waals surface area contributed by atoms with Gasteiger partial charge in [0.05, 0.1) is 5.56 Å². The number of alkyl halides is 3. The maximum Gasteiger partial charge on any atom is 0.416 e. The van der Waals surface area contributed by atoms with E-state index in [-0.39, 0.29) is 12.1 Å². The fourth-order valence-electron chi connectivity index (χ4n) is 5.02. The second-order valence-corrected chi connectivity index (χ2v) is 8.60. The molecule has 1 fully saturated rings. The first kappa shape index (κ1) is 21.3. The smallest absolute Gasteiger partial charge is 0.314 e. The lowest BCUT2D eigenvalue weighted by molar-refractivity contribution is -0.137. The third-order valence-electron chi connectivity index (χ3n) is 6.25. The van der Waals surface area contributed by atoms with E-state index in [1.807, 2.05) is 11.9 Å². The lowest BCUT2D eigenvalue weighted by atomic mass is 9.91. The first-order chi connectivity index (χ1) is 14.2. The molecular formula is C23H27F4N3. The van der Waals surface area contributed by atoms with Crippen LogP contribution in [-0.4, -0.2) is 55.1 Å². The predicted molar refractivity (Wildman–Crippen MR) is 109 cm³/mol. The van der Waals surface area contributed by atoms with Crippen molar-refractivity contribution in [3.8, 4) is 0 Å². The van der Waals surface area contributed by atoms with Crippen LogP contribution < -0.4 is 5.32 Å². The van der Waals surface area contributed by atoms with Gasteiger partial charge in [0.2, 0.25) is 0 Å². The molecule has 2 aliphatic rings. The molecule has 0 spiro atoms. The van der Waals surface area contributed by atoms with Gasteiger partial charge < -0.3 is 10.2 Å². The summed E-state index contributed by atoms with van der Waals surface area (Å²) in [5.41, 5.74) is 2.00. The second-order valence-electron chi connectivity index (χ2n) is 8.60. The van der Waals surface area contributed by atoms with Crippen LogP contribution >= 0.6 is 0 Å². The summed E-state index contributed by atoms with van der Waals surface area (Å²) in [6.45, 7) is 4.73. The number of fused-ring (bicyclic) bond motifs is 1. The third kappa shape index (κ3) is 4.53. The highest BCUT2D eigenvalue weighted by Crippen LogP contribution is 2.36. The summed E-state index contributed by atoms with van der Waals surface area (Å²) in [6, 6.07) is 11.3. The largest absolute Gasteiger partial charge is 0.416 e. The van der Waals surface area contributed by atoms with Crippen molar-refractivity contribution in [1.82, 2.24) is 15.1 Å². The Morgan fingerprint density at radius 3 is 2.27 bits per heavy atom. The minimum atomic E-state index is -4.55. The van der Waals surface area contributed by atoms with Crippen LogP contribution in [0.1, 0.15) is 22.3 Å². The summed E-state index contributed by atoms with van der Waals surface area (Å²) in [7, 11) is 1.91. The SMILES string of the molecule is CN(Cc1cc(F)cc(C(F)(F)F)c1)CC1(N2CCNCC2)Cc2ccccc2C1. The number of benzene rings is 2. The molecule has 0 bridgehead atoms. The molecular weight excluding hydrogens is 394 g/mol. The molecule has 0 unspecified atom stereocenters. The Labute approximate surface area is 174 Å². The van der Waals surface area contributed by atoms with E-state index in [1.54, 1.807) is 0 Å². The van der Waals surface area contributed by atoms with Gasteiger partial charge in [0.15, 0.2) is 0 Å².